The Bertz CT molecular complexity index is 386. The summed E-state index contributed by atoms with van der Waals surface area (Å²) in [6.45, 7) is 7.08. The van der Waals surface area contributed by atoms with Crippen molar-refractivity contribution in [1.29, 1.82) is 0 Å². The largest absolute Gasteiger partial charge is 0.381 e. The smallest absolute Gasteiger partial charge is 0.128 e. The van der Waals surface area contributed by atoms with Gasteiger partial charge in [-0.3, -0.25) is 0 Å². The normalized spacial score (nSPS) is 22.6. The van der Waals surface area contributed by atoms with E-state index in [1.165, 1.54) is 25.7 Å². The average Bonchev–Trinajstić information content (AvgIpc) is 2.51. The van der Waals surface area contributed by atoms with Crippen LogP contribution in [0, 0.1) is 5.92 Å². The van der Waals surface area contributed by atoms with E-state index in [1.54, 1.807) is 0 Å². The van der Waals surface area contributed by atoms with Gasteiger partial charge in [0.2, 0.25) is 0 Å². The number of hydrogen-bond acceptors (Lipinski definition) is 4. The lowest BCUT2D eigenvalue weighted by molar-refractivity contribution is 0.332. The highest BCUT2D eigenvalue weighted by atomic mass is 15.2. The maximum absolute atomic E-state index is 5.88. The highest BCUT2D eigenvalue weighted by Crippen LogP contribution is 2.26. The molecule has 1 saturated carbocycles. The highest BCUT2D eigenvalue weighted by molar-refractivity contribution is 5.49. The molecule has 0 bridgehead atoms. The fraction of sp³-hybridized carbons (Fsp3) is 0.688. The van der Waals surface area contributed by atoms with Crippen LogP contribution in [0.3, 0.4) is 0 Å². The summed E-state index contributed by atoms with van der Waals surface area (Å²) >= 11 is 0. The summed E-state index contributed by atoms with van der Waals surface area (Å²) < 4.78 is 0. The molecule has 0 spiro atoms. The maximum atomic E-state index is 5.88. The first-order chi connectivity index (χ1) is 9.78. The van der Waals surface area contributed by atoms with Gasteiger partial charge in [0.25, 0.3) is 0 Å². The quantitative estimate of drug-likeness (QED) is 0.839. The molecule has 112 valence electrons. The van der Waals surface area contributed by atoms with Crippen LogP contribution in [0.25, 0.3) is 0 Å². The van der Waals surface area contributed by atoms with Gasteiger partial charge in [0, 0.05) is 19.1 Å². The summed E-state index contributed by atoms with van der Waals surface area (Å²) in [4.78, 5) is 6.83. The van der Waals surface area contributed by atoms with Crippen molar-refractivity contribution in [2.24, 2.45) is 11.7 Å². The molecule has 3 N–H and O–H groups in total. The first-order valence-electron chi connectivity index (χ1n) is 7.96. The molecule has 1 aliphatic rings. The van der Waals surface area contributed by atoms with E-state index in [0.29, 0.717) is 12.0 Å². The number of anilines is 2. The zero-order valence-corrected chi connectivity index (χ0v) is 12.8. The van der Waals surface area contributed by atoms with E-state index in [-0.39, 0.29) is 0 Å². The van der Waals surface area contributed by atoms with E-state index in [0.717, 1.165) is 31.1 Å². The topological polar surface area (TPSA) is 54.2 Å². The minimum Gasteiger partial charge on any atom is -0.381 e. The second kappa shape index (κ2) is 7.48. The van der Waals surface area contributed by atoms with Gasteiger partial charge in [0.15, 0.2) is 0 Å². The number of nitrogens with zero attached hydrogens (tertiary/aromatic N) is 2. The molecule has 4 nitrogen and oxygen atoms in total. The molecule has 2 rings (SSSR count). The molecule has 1 fully saturated rings. The second-order valence-electron chi connectivity index (χ2n) is 5.61. The molecule has 0 aliphatic heterocycles. The number of aromatic nitrogens is 1. The van der Waals surface area contributed by atoms with Crippen LogP contribution in [-0.4, -0.2) is 30.7 Å². The number of nitrogens with one attached hydrogen (secondary N) is 1. The van der Waals surface area contributed by atoms with Gasteiger partial charge in [0.1, 0.15) is 5.82 Å². The van der Waals surface area contributed by atoms with Crippen molar-refractivity contribution in [3.8, 4) is 0 Å². The lowest BCUT2D eigenvalue weighted by Gasteiger charge is -2.32. The monoisotopic (exact) mass is 276 g/mol. The van der Waals surface area contributed by atoms with Gasteiger partial charge in [-0.2, -0.15) is 0 Å². The van der Waals surface area contributed by atoms with E-state index in [9.17, 15) is 0 Å². The van der Waals surface area contributed by atoms with E-state index in [2.05, 4.69) is 41.2 Å². The Balaban J connectivity index is 1.99. The summed E-state index contributed by atoms with van der Waals surface area (Å²) in [7, 11) is 0. The minimum atomic E-state index is 0.509. The van der Waals surface area contributed by atoms with Gasteiger partial charge in [-0.1, -0.05) is 12.8 Å². The fourth-order valence-electron chi connectivity index (χ4n) is 3.10. The lowest BCUT2D eigenvalue weighted by Crippen LogP contribution is -2.36. The van der Waals surface area contributed by atoms with Crippen LogP contribution in [0.1, 0.15) is 39.5 Å². The molecule has 4 heteroatoms. The Morgan fingerprint density at radius 1 is 1.25 bits per heavy atom. The standard InChI is InChI=1S/C16H28N4/c1-3-20(4-2)16-10-9-14(12-18-16)19-15-8-6-5-7-13(15)11-17/h9-10,12-13,15,19H,3-8,11,17H2,1-2H3. The first-order valence-corrected chi connectivity index (χ1v) is 7.96. The van der Waals surface area contributed by atoms with Crippen LogP contribution in [0.2, 0.25) is 0 Å². The number of rotatable bonds is 6. The molecule has 0 amide bonds. The zero-order chi connectivity index (χ0) is 14.4. The fourth-order valence-corrected chi connectivity index (χ4v) is 3.10. The van der Waals surface area contributed by atoms with E-state index in [4.69, 9.17) is 5.73 Å². The Morgan fingerprint density at radius 3 is 2.60 bits per heavy atom. The van der Waals surface area contributed by atoms with E-state index >= 15 is 0 Å². The first kappa shape index (κ1) is 15.1. The summed E-state index contributed by atoms with van der Waals surface area (Å²) in [6.07, 6.45) is 7.05. The van der Waals surface area contributed by atoms with Crippen molar-refractivity contribution in [1.82, 2.24) is 4.98 Å². The molecule has 1 heterocycles. The van der Waals surface area contributed by atoms with Crippen LogP contribution >= 0.6 is 0 Å². The van der Waals surface area contributed by atoms with Gasteiger partial charge in [0.05, 0.1) is 11.9 Å². The maximum Gasteiger partial charge on any atom is 0.128 e. The Hall–Kier alpha value is -1.29. The van der Waals surface area contributed by atoms with Crippen molar-refractivity contribution < 1.29 is 0 Å². The van der Waals surface area contributed by atoms with Crippen molar-refractivity contribution in [2.75, 3.05) is 29.9 Å². The van der Waals surface area contributed by atoms with Crippen LogP contribution in [0.15, 0.2) is 18.3 Å². The molecular weight excluding hydrogens is 248 g/mol. The summed E-state index contributed by atoms with van der Waals surface area (Å²) in [5.41, 5.74) is 7.00. The Labute approximate surface area is 122 Å². The summed E-state index contributed by atoms with van der Waals surface area (Å²) in [5.74, 6) is 1.66. The molecule has 2 unspecified atom stereocenters. The van der Waals surface area contributed by atoms with Crippen molar-refractivity contribution in [2.45, 2.75) is 45.6 Å². The molecule has 0 saturated heterocycles. The van der Waals surface area contributed by atoms with Crippen LogP contribution in [0.4, 0.5) is 11.5 Å². The van der Waals surface area contributed by atoms with Gasteiger partial charge in [-0.15, -0.1) is 0 Å². The molecule has 0 radical (unpaired) electrons. The second-order valence-corrected chi connectivity index (χ2v) is 5.61. The lowest BCUT2D eigenvalue weighted by atomic mass is 9.84. The molecular formula is C16H28N4. The molecule has 1 aliphatic carbocycles. The van der Waals surface area contributed by atoms with Gasteiger partial charge >= 0.3 is 0 Å². The predicted molar refractivity (Wildman–Crippen MR) is 86.2 cm³/mol. The third-order valence-electron chi connectivity index (χ3n) is 4.40. The van der Waals surface area contributed by atoms with Crippen LogP contribution in [-0.2, 0) is 0 Å². The predicted octanol–water partition coefficient (Wildman–Crippen LogP) is 2.86. The van der Waals surface area contributed by atoms with Crippen molar-refractivity contribution in [3.05, 3.63) is 18.3 Å². The third kappa shape index (κ3) is 3.63. The Kier molecular flexibility index (Phi) is 5.65. The van der Waals surface area contributed by atoms with E-state index in [1.807, 2.05) is 6.20 Å². The molecule has 20 heavy (non-hydrogen) atoms. The molecule has 0 aromatic carbocycles. The molecule has 2 atom stereocenters. The third-order valence-corrected chi connectivity index (χ3v) is 4.40. The number of hydrogen-bond donors (Lipinski definition) is 2. The summed E-state index contributed by atoms with van der Waals surface area (Å²) in [6, 6.07) is 4.76. The molecule has 1 aromatic heterocycles. The molecule has 1 aromatic rings. The number of nitrogens with two attached hydrogens (primary N) is 1. The van der Waals surface area contributed by atoms with Crippen LogP contribution in [0.5, 0.6) is 0 Å². The van der Waals surface area contributed by atoms with Gasteiger partial charge in [-0.05, 0) is 51.3 Å². The minimum absolute atomic E-state index is 0.509. The van der Waals surface area contributed by atoms with Gasteiger partial charge in [-0.25, -0.2) is 4.98 Å². The highest BCUT2D eigenvalue weighted by Gasteiger charge is 2.23. The van der Waals surface area contributed by atoms with Crippen molar-refractivity contribution >= 4 is 11.5 Å². The Morgan fingerprint density at radius 2 is 2.00 bits per heavy atom. The average molecular weight is 276 g/mol. The van der Waals surface area contributed by atoms with Crippen LogP contribution < -0.4 is 16.0 Å². The SMILES string of the molecule is CCN(CC)c1ccc(NC2CCCCC2CN)cn1. The van der Waals surface area contributed by atoms with E-state index < -0.39 is 0 Å². The number of pyridine rings is 1. The summed E-state index contributed by atoms with van der Waals surface area (Å²) in [5, 5.41) is 3.62. The zero-order valence-electron chi connectivity index (χ0n) is 12.8. The van der Waals surface area contributed by atoms with Gasteiger partial charge < -0.3 is 16.0 Å². The van der Waals surface area contributed by atoms with Crippen molar-refractivity contribution in [3.63, 3.8) is 0 Å².